The molecule has 0 spiro atoms. The van der Waals surface area contributed by atoms with Gasteiger partial charge in [-0.05, 0) is 60.5 Å². The number of hydrogen-bond acceptors (Lipinski definition) is 5. The van der Waals surface area contributed by atoms with Crippen LogP contribution >= 0.6 is 11.3 Å². The van der Waals surface area contributed by atoms with Gasteiger partial charge in [-0.15, -0.1) is 11.3 Å². The molecule has 3 aromatic rings. The number of furan rings is 1. The van der Waals surface area contributed by atoms with Gasteiger partial charge < -0.3 is 19.0 Å². The summed E-state index contributed by atoms with van der Waals surface area (Å²) in [6.45, 7) is 1.03. The van der Waals surface area contributed by atoms with Crippen LogP contribution in [0.3, 0.4) is 0 Å². The highest BCUT2D eigenvalue weighted by Gasteiger charge is 2.35. The molecule has 8 heteroatoms. The van der Waals surface area contributed by atoms with Crippen LogP contribution in [-0.4, -0.2) is 41.3 Å². The SMILES string of the molecule is O=C(C1CCCC1)N(CC(=O)N1CCc2sccc2[C@@H]1COc1cccc(F)c1)Cc1ccco1. The van der Waals surface area contributed by atoms with Crippen LogP contribution in [0.25, 0.3) is 0 Å². The van der Waals surface area contributed by atoms with Gasteiger partial charge in [0.25, 0.3) is 0 Å². The van der Waals surface area contributed by atoms with E-state index < -0.39 is 0 Å². The Hall–Kier alpha value is -3.13. The molecule has 0 bridgehead atoms. The Balaban J connectivity index is 1.34. The van der Waals surface area contributed by atoms with E-state index in [1.165, 1.54) is 17.0 Å². The lowest BCUT2D eigenvalue weighted by Crippen LogP contribution is -2.48. The molecule has 0 radical (unpaired) electrons. The number of fused-ring (bicyclic) bond motifs is 1. The van der Waals surface area contributed by atoms with E-state index >= 15 is 0 Å². The first-order valence-electron chi connectivity index (χ1n) is 12.1. The third-order valence-corrected chi connectivity index (χ3v) is 7.88. The minimum Gasteiger partial charge on any atom is -0.491 e. The Morgan fingerprint density at radius 2 is 2.03 bits per heavy atom. The Kier molecular flexibility index (Phi) is 7.18. The van der Waals surface area contributed by atoms with Crippen molar-refractivity contribution in [1.29, 1.82) is 0 Å². The molecule has 35 heavy (non-hydrogen) atoms. The molecule has 2 aromatic heterocycles. The number of nitrogens with zero attached hydrogens (tertiary/aromatic N) is 2. The molecule has 0 unspecified atom stereocenters. The Labute approximate surface area is 208 Å². The summed E-state index contributed by atoms with van der Waals surface area (Å²) >= 11 is 1.67. The fourth-order valence-corrected chi connectivity index (χ4v) is 6.02. The standard InChI is InChI=1S/C27H29FN2O4S/c28-20-7-3-8-21(15-20)34-18-24-23-11-14-35-25(23)10-12-30(24)26(31)17-29(16-22-9-4-13-33-22)27(32)19-5-1-2-6-19/h3-4,7-9,11,13-15,19,24H,1-2,5-6,10,12,16-18H2/t24-/m0/s1. The molecule has 1 saturated carbocycles. The first-order valence-corrected chi connectivity index (χ1v) is 13.0. The number of amides is 2. The normalized spacial score (nSPS) is 17.9. The fraction of sp³-hybridized carbons (Fsp3) is 0.407. The first kappa shape index (κ1) is 23.6. The molecular weight excluding hydrogens is 467 g/mol. The average molecular weight is 497 g/mol. The van der Waals surface area contributed by atoms with E-state index in [0.717, 1.165) is 37.7 Å². The highest BCUT2D eigenvalue weighted by molar-refractivity contribution is 7.10. The molecule has 1 aliphatic carbocycles. The molecule has 1 fully saturated rings. The molecule has 0 N–H and O–H groups in total. The van der Waals surface area contributed by atoms with Crippen LogP contribution in [0, 0.1) is 11.7 Å². The van der Waals surface area contributed by atoms with Crippen LogP contribution in [0.2, 0.25) is 0 Å². The zero-order valence-electron chi connectivity index (χ0n) is 19.5. The van der Waals surface area contributed by atoms with Crippen LogP contribution < -0.4 is 4.74 Å². The highest BCUT2D eigenvalue weighted by atomic mass is 32.1. The minimum atomic E-state index is -0.366. The number of hydrogen-bond donors (Lipinski definition) is 0. The second-order valence-electron chi connectivity index (χ2n) is 9.18. The zero-order chi connectivity index (χ0) is 24.2. The van der Waals surface area contributed by atoms with Crippen LogP contribution in [0.4, 0.5) is 4.39 Å². The van der Waals surface area contributed by atoms with Crippen molar-refractivity contribution in [3.63, 3.8) is 0 Å². The van der Waals surface area contributed by atoms with Gasteiger partial charge in [0.15, 0.2) is 0 Å². The summed E-state index contributed by atoms with van der Waals surface area (Å²) in [6.07, 6.45) is 6.18. The van der Waals surface area contributed by atoms with E-state index in [1.807, 2.05) is 22.4 Å². The van der Waals surface area contributed by atoms with E-state index in [-0.39, 0.29) is 49.3 Å². The van der Waals surface area contributed by atoms with Gasteiger partial charge in [-0.1, -0.05) is 18.9 Å². The minimum absolute atomic E-state index is 0.00797. The van der Waals surface area contributed by atoms with Crippen molar-refractivity contribution in [2.45, 2.75) is 44.7 Å². The molecule has 184 valence electrons. The summed E-state index contributed by atoms with van der Waals surface area (Å²) in [5.41, 5.74) is 1.06. The van der Waals surface area contributed by atoms with Gasteiger partial charge in [-0.2, -0.15) is 0 Å². The van der Waals surface area contributed by atoms with Crippen LogP contribution in [0.1, 0.15) is 47.9 Å². The predicted molar refractivity (Wildman–Crippen MR) is 130 cm³/mol. The molecule has 1 atom stereocenters. The topological polar surface area (TPSA) is 63.0 Å². The molecule has 1 aliphatic heterocycles. The number of carbonyl (C=O) groups is 2. The van der Waals surface area contributed by atoms with Gasteiger partial charge in [0, 0.05) is 23.4 Å². The molecule has 3 heterocycles. The number of halogens is 1. The third kappa shape index (κ3) is 5.42. The summed E-state index contributed by atoms with van der Waals surface area (Å²) in [5.74, 6) is 0.592. The predicted octanol–water partition coefficient (Wildman–Crippen LogP) is 5.20. The van der Waals surface area contributed by atoms with E-state index in [9.17, 15) is 14.0 Å². The largest absolute Gasteiger partial charge is 0.491 e. The first-order chi connectivity index (χ1) is 17.1. The molecule has 1 aromatic carbocycles. The quantitative estimate of drug-likeness (QED) is 0.430. The van der Waals surface area contributed by atoms with Crippen LogP contribution in [-0.2, 0) is 22.6 Å². The van der Waals surface area contributed by atoms with Crippen molar-refractivity contribution < 1.29 is 23.1 Å². The van der Waals surface area contributed by atoms with Gasteiger partial charge in [-0.3, -0.25) is 9.59 Å². The number of ether oxygens (including phenoxy) is 1. The fourth-order valence-electron chi connectivity index (χ4n) is 5.09. The number of thiophene rings is 1. The van der Waals surface area contributed by atoms with Gasteiger partial charge in [0.05, 0.1) is 18.8 Å². The maximum absolute atomic E-state index is 13.7. The molecule has 6 nitrogen and oxygen atoms in total. The van der Waals surface area contributed by atoms with E-state index in [1.54, 1.807) is 40.7 Å². The van der Waals surface area contributed by atoms with Crippen molar-refractivity contribution in [3.05, 3.63) is 76.1 Å². The van der Waals surface area contributed by atoms with Crippen molar-refractivity contribution in [2.75, 3.05) is 19.7 Å². The van der Waals surface area contributed by atoms with E-state index in [2.05, 4.69) is 0 Å². The molecule has 2 aliphatic rings. The second-order valence-corrected chi connectivity index (χ2v) is 10.2. The maximum Gasteiger partial charge on any atom is 0.242 e. The zero-order valence-corrected chi connectivity index (χ0v) is 20.3. The molecule has 5 rings (SSSR count). The average Bonchev–Trinajstić information content (AvgIpc) is 3.64. The lowest BCUT2D eigenvalue weighted by atomic mass is 10.00. The monoisotopic (exact) mass is 496 g/mol. The third-order valence-electron chi connectivity index (χ3n) is 6.89. The summed E-state index contributed by atoms with van der Waals surface area (Å²) in [4.78, 5) is 31.7. The van der Waals surface area contributed by atoms with Crippen molar-refractivity contribution in [3.8, 4) is 5.75 Å². The second kappa shape index (κ2) is 10.6. The highest BCUT2D eigenvalue weighted by Crippen LogP contribution is 2.34. The Bertz CT molecular complexity index is 1160. The van der Waals surface area contributed by atoms with Crippen LogP contribution in [0.15, 0.2) is 58.5 Å². The van der Waals surface area contributed by atoms with Crippen molar-refractivity contribution in [1.82, 2.24) is 9.80 Å². The summed E-state index contributed by atoms with van der Waals surface area (Å²) in [5, 5.41) is 2.03. The molecular formula is C27H29FN2O4S. The van der Waals surface area contributed by atoms with Gasteiger partial charge in [0.2, 0.25) is 11.8 Å². The molecule has 0 saturated heterocycles. The van der Waals surface area contributed by atoms with Crippen LogP contribution in [0.5, 0.6) is 5.75 Å². The van der Waals surface area contributed by atoms with E-state index in [4.69, 9.17) is 9.15 Å². The van der Waals surface area contributed by atoms with Crippen molar-refractivity contribution in [2.24, 2.45) is 5.92 Å². The number of rotatable bonds is 8. The summed E-state index contributed by atoms with van der Waals surface area (Å²) < 4.78 is 25.1. The Morgan fingerprint density at radius 1 is 1.17 bits per heavy atom. The van der Waals surface area contributed by atoms with Gasteiger partial charge in [0.1, 0.15) is 30.5 Å². The smallest absolute Gasteiger partial charge is 0.242 e. The Morgan fingerprint density at radius 3 is 2.80 bits per heavy atom. The summed E-state index contributed by atoms with van der Waals surface area (Å²) in [7, 11) is 0. The summed E-state index contributed by atoms with van der Waals surface area (Å²) in [6, 6.07) is 11.4. The lowest BCUT2D eigenvalue weighted by Gasteiger charge is -2.37. The maximum atomic E-state index is 13.7. The van der Waals surface area contributed by atoms with Crippen molar-refractivity contribution >= 4 is 23.2 Å². The number of benzene rings is 1. The van der Waals surface area contributed by atoms with Gasteiger partial charge >= 0.3 is 0 Å². The van der Waals surface area contributed by atoms with E-state index in [0.29, 0.717) is 18.1 Å². The molecule has 2 amide bonds. The number of carbonyl (C=O) groups excluding carboxylic acids is 2. The van der Waals surface area contributed by atoms with Gasteiger partial charge in [-0.25, -0.2) is 4.39 Å². The lowest BCUT2D eigenvalue weighted by molar-refractivity contribution is -0.145.